The maximum absolute atomic E-state index is 13.6. The Morgan fingerprint density at radius 1 is 0.720 bits per heavy atom. The van der Waals surface area contributed by atoms with Gasteiger partial charge in [0.25, 0.3) is 11.8 Å². The Balaban J connectivity index is 1.79. The number of fused-ring (bicyclic) bond motifs is 1. The van der Waals surface area contributed by atoms with Gasteiger partial charge in [-0.25, -0.2) is 0 Å². The van der Waals surface area contributed by atoms with Gasteiger partial charge in [-0.1, -0.05) is 19.1 Å². The molecule has 2 amide bonds. The number of amides is 2. The molecule has 3 aliphatic heterocycles. The van der Waals surface area contributed by atoms with Crippen molar-refractivity contribution >= 4 is 53.4 Å². The molecule has 10 unspecified atom stereocenters. The molecule has 3 heterocycles. The molecule has 2 fully saturated rings. The van der Waals surface area contributed by atoms with Crippen LogP contribution in [0.1, 0.15) is 62.3 Å². The fourth-order valence-corrected chi connectivity index (χ4v) is 6.95. The highest BCUT2D eigenvalue weighted by Gasteiger charge is 2.58. The van der Waals surface area contributed by atoms with E-state index in [4.69, 9.17) is 37.9 Å². The van der Waals surface area contributed by atoms with E-state index in [1.165, 1.54) is 23.9 Å². The molecule has 0 aliphatic carbocycles. The molecule has 2 saturated heterocycles. The van der Waals surface area contributed by atoms with E-state index in [2.05, 4.69) is 0 Å². The van der Waals surface area contributed by atoms with E-state index in [9.17, 15) is 38.7 Å². The van der Waals surface area contributed by atoms with Crippen LogP contribution >= 0.6 is 11.8 Å². The molecule has 50 heavy (non-hydrogen) atoms. The van der Waals surface area contributed by atoms with Gasteiger partial charge in [-0.05, 0) is 17.9 Å². The average molecular weight is 726 g/mol. The lowest BCUT2D eigenvalue weighted by Gasteiger charge is -2.49. The summed E-state index contributed by atoms with van der Waals surface area (Å²) >= 11 is 1.17. The number of ether oxygens (including phenoxy) is 8. The summed E-state index contributed by atoms with van der Waals surface area (Å²) in [6, 6.07) is 4.76. The summed E-state index contributed by atoms with van der Waals surface area (Å²) in [5, 5.41) is 12.1. The average Bonchev–Trinajstić information content (AvgIpc) is 3.28. The first-order valence-electron chi connectivity index (χ1n) is 15.7. The fourth-order valence-electron chi connectivity index (χ4n) is 5.92. The van der Waals surface area contributed by atoms with E-state index in [0.717, 1.165) is 39.5 Å². The second-order valence-electron chi connectivity index (χ2n) is 11.5. The zero-order valence-corrected chi connectivity index (χ0v) is 28.9. The molecule has 274 valence electrons. The van der Waals surface area contributed by atoms with Crippen LogP contribution in [-0.2, 0) is 61.9 Å². The van der Waals surface area contributed by atoms with Crippen LogP contribution in [-0.4, -0.2) is 131 Å². The molecule has 4 rings (SSSR count). The van der Waals surface area contributed by atoms with Crippen LogP contribution in [0.2, 0.25) is 0 Å². The Hall–Kier alpha value is -4.10. The van der Waals surface area contributed by atoms with Crippen molar-refractivity contribution < 1.29 is 76.6 Å². The third kappa shape index (κ3) is 8.79. The Morgan fingerprint density at radius 3 is 1.68 bits per heavy atom. The van der Waals surface area contributed by atoms with Crippen molar-refractivity contribution in [3.63, 3.8) is 0 Å². The number of thioether (sulfide) groups is 1. The minimum Gasteiger partial charge on any atom is -0.463 e. The van der Waals surface area contributed by atoms with Crippen molar-refractivity contribution in [2.45, 2.75) is 102 Å². The standard InChI is InChI=1S/C32H39NO16S/c1-7-50-32-23(33-29(40)19-10-8-9-11-20(19)30(33)41)24(39)25(21(48-32)12-42-14(2)34)49-31-28(46-18(6)38)27(45-17(5)37)26(44-16(4)36)22(47-31)13-43-15(3)35/h8-11,21-28,31-32,39H,7,12-13H2,1-6H3. The zero-order chi connectivity index (χ0) is 36.9. The molecule has 0 radical (unpaired) electrons. The van der Waals surface area contributed by atoms with Gasteiger partial charge in [0.2, 0.25) is 0 Å². The largest absolute Gasteiger partial charge is 0.463 e. The lowest BCUT2D eigenvalue weighted by atomic mass is 9.95. The maximum atomic E-state index is 13.6. The molecule has 0 aromatic heterocycles. The van der Waals surface area contributed by atoms with Crippen LogP contribution in [0.3, 0.4) is 0 Å². The lowest BCUT2D eigenvalue weighted by Crippen LogP contribution is -2.68. The highest BCUT2D eigenvalue weighted by atomic mass is 32.2. The normalized spacial score (nSPS) is 30.6. The SMILES string of the molecule is CCSC1OC(COC(C)=O)C(OC2OC(COC(C)=O)C(OC(C)=O)C(OC(C)=O)C2OC(C)=O)C(O)C1N1C(=O)c2ccccc2C1=O. The summed E-state index contributed by atoms with van der Waals surface area (Å²) < 4.78 is 45.3. The molecule has 0 spiro atoms. The van der Waals surface area contributed by atoms with Crippen molar-refractivity contribution in [2.75, 3.05) is 19.0 Å². The predicted octanol–water partition coefficient (Wildman–Crippen LogP) is 0.522. The summed E-state index contributed by atoms with van der Waals surface area (Å²) in [7, 11) is 0. The van der Waals surface area contributed by atoms with Crippen molar-refractivity contribution in [1.29, 1.82) is 0 Å². The third-order valence-electron chi connectivity index (χ3n) is 7.79. The van der Waals surface area contributed by atoms with Gasteiger partial charge in [-0.3, -0.25) is 38.5 Å². The molecular formula is C32H39NO16S. The molecular weight excluding hydrogens is 686 g/mol. The molecule has 18 heteroatoms. The monoisotopic (exact) mass is 725 g/mol. The highest BCUT2D eigenvalue weighted by molar-refractivity contribution is 7.99. The fraction of sp³-hybridized carbons (Fsp3) is 0.594. The number of aliphatic hydroxyl groups excluding tert-OH is 1. The van der Waals surface area contributed by atoms with Crippen LogP contribution in [0.5, 0.6) is 0 Å². The molecule has 1 aromatic rings. The number of hydrogen-bond donors (Lipinski definition) is 1. The number of nitrogens with zero attached hydrogens (tertiary/aromatic N) is 1. The summed E-state index contributed by atoms with van der Waals surface area (Å²) in [6.45, 7) is 6.19. The number of carbonyl (C=O) groups excluding carboxylic acids is 7. The molecule has 0 bridgehead atoms. The maximum Gasteiger partial charge on any atom is 0.303 e. The summed E-state index contributed by atoms with van der Waals surface area (Å²) in [4.78, 5) is 88.5. The topological polar surface area (TPSA) is 217 Å². The second-order valence-corrected chi connectivity index (χ2v) is 12.9. The van der Waals surface area contributed by atoms with Crippen LogP contribution in [0.25, 0.3) is 0 Å². The van der Waals surface area contributed by atoms with E-state index in [1.54, 1.807) is 19.1 Å². The zero-order valence-electron chi connectivity index (χ0n) is 28.1. The molecule has 1 aromatic carbocycles. The second kappa shape index (κ2) is 16.7. The Bertz CT molecular complexity index is 1450. The van der Waals surface area contributed by atoms with Gasteiger partial charge in [0.1, 0.15) is 49.1 Å². The molecule has 3 aliphatic rings. The van der Waals surface area contributed by atoms with Crippen LogP contribution in [0, 0.1) is 0 Å². The number of imide groups is 1. The van der Waals surface area contributed by atoms with Gasteiger partial charge in [-0.15, -0.1) is 11.8 Å². The first-order valence-corrected chi connectivity index (χ1v) is 16.7. The minimum atomic E-state index is -1.77. The number of rotatable bonds is 12. The number of aliphatic hydroxyl groups is 1. The number of carbonyl (C=O) groups is 7. The van der Waals surface area contributed by atoms with E-state index in [-0.39, 0.29) is 11.1 Å². The smallest absolute Gasteiger partial charge is 0.303 e. The number of esters is 5. The van der Waals surface area contributed by atoms with E-state index in [0.29, 0.717) is 5.75 Å². The van der Waals surface area contributed by atoms with E-state index in [1.807, 2.05) is 0 Å². The van der Waals surface area contributed by atoms with Crippen molar-refractivity contribution in [3.05, 3.63) is 35.4 Å². The summed E-state index contributed by atoms with van der Waals surface area (Å²) in [5.41, 5.74) is -0.805. The van der Waals surface area contributed by atoms with E-state index >= 15 is 0 Å². The lowest BCUT2D eigenvalue weighted by molar-refractivity contribution is -0.337. The predicted molar refractivity (Wildman–Crippen MR) is 167 cm³/mol. The minimum absolute atomic E-state index is 0.115. The number of hydrogen-bond acceptors (Lipinski definition) is 17. The van der Waals surface area contributed by atoms with Crippen molar-refractivity contribution in [3.8, 4) is 0 Å². The molecule has 17 nitrogen and oxygen atoms in total. The third-order valence-corrected chi connectivity index (χ3v) is 8.84. The molecule has 0 saturated carbocycles. The van der Waals surface area contributed by atoms with Crippen molar-refractivity contribution in [2.24, 2.45) is 0 Å². The van der Waals surface area contributed by atoms with Gasteiger partial charge in [-0.2, -0.15) is 0 Å². The Labute approximate surface area is 291 Å². The van der Waals surface area contributed by atoms with Crippen molar-refractivity contribution in [1.82, 2.24) is 4.90 Å². The quantitative estimate of drug-likeness (QED) is 0.176. The van der Waals surface area contributed by atoms with Crippen LogP contribution in [0.4, 0.5) is 0 Å². The van der Waals surface area contributed by atoms with Crippen LogP contribution in [0.15, 0.2) is 24.3 Å². The van der Waals surface area contributed by atoms with E-state index < -0.39 is 115 Å². The Kier molecular flexibility index (Phi) is 13.0. The first kappa shape index (κ1) is 38.7. The van der Waals surface area contributed by atoms with Gasteiger partial charge in [0.05, 0.1) is 11.1 Å². The number of benzene rings is 1. The van der Waals surface area contributed by atoms with Gasteiger partial charge in [0, 0.05) is 34.6 Å². The van der Waals surface area contributed by atoms with Gasteiger partial charge in [0.15, 0.2) is 24.6 Å². The molecule has 10 atom stereocenters. The highest BCUT2D eigenvalue weighted by Crippen LogP contribution is 2.39. The molecule has 1 N–H and O–H groups in total. The summed E-state index contributed by atoms with van der Waals surface area (Å²) in [5.74, 6) is -5.02. The van der Waals surface area contributed by atoms with Gasteiger partial charge >= 0.3 is 29.8 Å². The summed E-state index contributed by atoms with van der Waals surface area (Å²) in [6.07, 6.45) is -12.5. The van der Waals surface area contributed by atoms with Gasteiger partial charge < -0.3 is 43.0 Å². The van der Waals surface area contributed by atoms with Crippen LogP contribution < -0.4 is 0 Å². The first-order chi connectivity index (χ1) is 23.6. The Morgan fingerprint density at radius 2 is 1.20 bits per heavy atom.